The smallest absolute Gasteiger partial charge is 0.379 e. The Labute approximate surface area is 169 Å². The summed E-state index contributed by atoms with van der Waals surface area (Å²) in [7, 11) is 0. The molecule has 6 nitrogen and oxygen atoms in total. The second kappa shape index (κ2) is 8.78. The molecule has 1 N–H and O–H groups in total. The molecule has 0 saturated carbocycles. The summed E-state index contributed by atoms with van der Waals surface area (Å²) in [6.07, 6.45) is -4.11. The SMILES string of the molecule is CC(C)OCCCNC(=O)c1cc2nc(-c3ccc(F)cc3)cc(C(F)(F)F)n2n1. The van der Waals surface area contributed by atoms with E-state index < -0.39 is 23.6 Å². The van der Waals surface area contributed by atoms with E-state index in [2.05, 4.69) is 15.4 Å². The highest BCUT2D eigenvalue weighted by Gasteiger charge is 2.35. The van der Waals surface area contributed by atoms with E-state index in [1.54, 1.807) is 0 Å². The number of nitrogens with one attached hydrogen (secondary N) is 1. The van der Waals surface area contributed by atoms with Gasteiger partial charge in [0.1, 0.15) is 5.82 Å². The third-order valence-corrected chi connectivity index (χ3v) is 4.15. The highest BCUT2D eigenvalue weighted by atomic mass is 19.4. The van der Waals surface area contributed by atoms with E-state index in [1.807, 2.05) is 13.8 Å². The first-order valence-corrected chi connectivity index (χ1v) is 9.29. The van der Waals surface area contributed by atoms with Gasteiger partial charge < -0.3 is 10.1 Å². The zero-order chi connectivity index (χ0) is 21.9. The maximum atomic E-state index is 13.6. The number of rotatable bonds is 7. The van der Waals surface area contributed by atoms with Crippen LogP contribution >= 0.6 is 0 Å². The standard InChI is InChI=1S/C20H20F4N4O2/c1-12(2)30-9-3-8-25-19(29)16-11-18-26-15(13-4-6-14(21)7-5-13)10-17(20(22,23)24)28(18)27-16/h4-7,10-12H,3,8-9H2,1-2H3,(H,25,29). The minimum atomic E-state index is -4.73. The number of benzene rings is 1. The van der Waals surface area contributed by atoms with E-state index in [0.29, 0.717) is 29.7 Å². The van der Waals surface area contributed by atoms with Crippen LogP contribution in [0.25, 0.3) is 16.9 Å². The van der Waals surface area contributed by atoms with Crippen LogP contribution in [-0.4, -0.2) is 39.8 Å². The maximum absolute atomic E-state index is 13.6. The van der Waals surface area contributed by atoms with Crippen LogP contribution in [0.3, 0.4) is 0 Å². The van der Waals surface area contributed by atoms with Gasteiger partial charge in [-0.25, -0.2) is 13.9 Å². The molecule has 10 heteroatoms. The molecule has 0 fully saturated rings. The number of nitrogens with zero attached hydrogens (tertiary/aromatic N) is 3. The maximum Gasteiger partial charge on any atom is 0.433 e. The summed E-state index contributed by atoms with van der Waals surface area (Å²) in [6, 6.07) is 6.93. The zero-order valence-electron chi connectivity index (χ0n) is 16.3. The lowest BCUT2D eigenvalue weighted by Gasteiger charge is -2.11. The van der Waals surface area contributed by atoms with Crippen LogP contribution < -0.4 is 5.32 Å². The topological polar surface area (TPSA) is 68.5 Å². The molecule has 0 spiro atoms. The van der Waals surface area contributed by atoms with E-state index in [1.165, 1.54) is 18.2 Å². The molecule has 3 aromatic rings. The molecule has 0 aliphatic rings. The van der Waals surface area contributed by atoms with Gasteiger partial charge in [0.2, 0.25) is 0 Å². The van der Waals surface area contributed by atoms with Crippen molar-refractivity contribution in [2.24, 2.45) is 0 Å². The molecule has 0 aliphatic heterocycles. The van der Waals surface area contributed by atoms with Crippen LogP contribution in [-0.2, 0) is 10.9 Å². The molecular formula is C20H20F4N4O2. The molecule has 2 heterocycles. The van der Waals surface area contributed by atoms with Gasteiger partial charge >= 0.3 is 6.18 Å². The summed E-state index contributed by atoms with van der Waals surface area (Å²) in [5.41, 5.74) is -1.11. The van der Waals surface area contributed by atoms with Crippen molar-refractivity contribution in [1.82, 2.24) is 19.9 Å². The van der Waals surface area contributed by atoms with Crippen molar-refractivity contribution in [1.29, 1.82) is 0 Å². The first-order chi connectivity index (χ1) is 14.1. The van der Waals surface area contributed by atoms with Gasteiger partial charge in [-0.1, -0.05) is 0 Å². The van der Waals surface area contributed by atoms with Crippen LogP contribution in [0.4, 0.5) is 17.6 Å². The molecule has 2 aromatic heterocycles. The van der Waals surface area contributed by atoms with E-state index in [9.17, 15) is 22.4 Å². The molecule has 0 aliphatic carbocycles. The zero-order valence-corrected chi connectivity index (χ0v) is 16.3. The van der Waals surface area contributed by atoms with Gasteiger partial charge in [-0.2, -0.15) is 18.3 Å². The summed E-state index contributed by atoms with van der Waals surface area (Å²) in [5, 5.41) is 6.38. The van der Waals surface area contributed by atoms with Crippen molar-refractivity contribution in [3.63, 3.8) is 0 Å². The predicted molar refractivity (Wildman–Crippen MR) is 101 cm³/mol. The van der Waals surface area contributed by atoms with Gasteiger partial charge in [0, 0.05) is 24.8 Å². The molecule has 0 radical (unpaired) electrons. The number of hydrogen-bond donors (Lipinski definition) is 1. The molecule has 3 rings (SSSR count). The molecule has 1 amide bonds. The monoisotopic (exact) mass is 424 g/mol. The third kappa shape index (κ3) is 5.12. The Morgan fingerprint density at radius 1 is 1.20 bits per heavy atom. The van der Waals surface area contributed by atoms with Gasteiger partial charge in [-0.15, -0.1) is 0 Å². The fourth-order valence-electron chi connectivity index (χ4n) is 2.74. The summed E-state index contributed by atoms with van der Waals surface area (Å²) in [5.74, 6) is -1.13. The number of aromatic nitrogens is 3. The Morgan fingerprint density at radius 2 is 1.90 bits per heavy atom. The summed E-state index contributed by atoms with van der Waals surface area (Å²) >= 11 is 0. The van der Waals surface area contributed by atoms with E-state index in [4.69, 9.17) is 4.74 Å². The molecular weight excluding hydrogens is 404 g/mol. The number of hydrogen-bond acceptors (Lipinski definition) is 4. The minimum Gasteiger partial charge on any atom is -0.379 e. The number of carbonyl (C=O) groups is 1. The average molecular weight is 424 g/mol. The van der Waals surface area contributed by atoms with Crippen LogP contribution in [0.15, 0.2) is 36.4 Å². The molecule has 0 unspecified atom stereocenters. The lowest BCUT2D eigenvalue weighted by atomic mass is 10.1. The highest BCUT2D eigenvalue weighted by molar-refractivity contribution is 5.93. The van der Waals surface area contributed by atoms with Crippen molar-refractivity contribution < 1.29 is 27.1 Å². The third-order valence-electron chi connectivity index (χ3n) is 4.15. The largest absolute Gasteiger partial charge is 0.433 e. The first-order valence-electron chi connectivity index (χ1n) is 9.29. The van der Waals surface area contributed by atoms with Crippen LogP contribution in [0.5, 0.6) is 0 Å². The molecule has 0 atom stereocenters. The van der Waals surface area contributed by atoms with E-state index >= 15 is 0 Å². The normalized spacial score (nSPS) is 12.0. The summed E-state index contributed by atoms with van der Waals surface area (Å²) in [4.78, 5) is 16.4. The lowest BCUT2D eigenvalue weighted by Crippen LogP contribution is -2.26. The molecule has 160 valence electrons. The fourth-order valence-corrected chi connectivity index (χ4v) is 2.74. The Balaban J connectivity index is 1.88. The quantitative estimate of drug-likeness (QED) is 0.458. The molecule has 0 bridgehead atoms. The number of halogens is 4. The van der Waals surface area contributed by atoms with Crippen molar-refractivity contribution in [2.45, 2.75) is 32.5 Å². The molecule has 0 saturated heterocycles. The Kier molecular flexibility index (Phi) is 6.35. The van der Waals surface area contributed by atoms with Crippen molar-refractivity contribution >= 4 is 11.6 Å². The Morgan fingerprint density at radius 3 is 2.53 bits per heavy atom. The second-order valence-electron chi connectivity index (χ2n) is 6.86. The number of amides is 1. The lowest BCUT2D eigenvalue weighted by molar-refractivity contribution is -0.142. The van der Waals surface area contributed by atoms with Gasteiger partial charge in [0.15, 0.2) is 17.0 Å². The number of ether oxygens (including phenoxy) is 1. The number of fused-ring (bicyclic) bond motifs is 1. The summed E-state index contributed by atoms with van der Waals surface area (Å²) < 4.78 is 59.8. The van der Waals surface area contributed by atoms with Crippen LogP contribution in [0.1, 0.15) is 36.5 Å². The van der Waals surface area contributed by atoms with Crippen LogP contribution in [0, 0.1) is 5.82 Å². The van der Waals surface area contributed by atoms with Crippen molar-refractivity contribution in [3.8, 4) is 11.3 Å². The van der Waals surface area contributed by atoms with Crippen LogP contribution in [0.2, 0.25) is 0 Å². The second-order valence-corrected chi connectivity index (χ2v) is 6.86. The first kappa shape index (κ1) is 21.7. The predicted octanol–water partition coefficient (Wildman–Crippen LogP) is 4.10. The number of alkyl halides is 3. The van der Waals surface area contributed by atoms with Gasteiger partial charge in [0.05, 0.1) is 11.8 Å². The van der Waals surface area contributed by atoms with Crippen molar-refractivity contribution in [3.05, 3.63) is 53.6 Å². The van der Waals surface area contributed by atoms with E-state index in [0.717, 1.165) is 18.2 Å². The van der Waals surface area contributed by atoms with Gasteiger partial charge in [-0.05, 0) is 50.6 Å². The highest BCUT2D eigenvalue weighted by Crippen LogP contribution is 2.32. The average Bonchev–Trinajstić information content (AvgIpc) is 3.10. The minimum absolute atomic E-state index is 0.00693. The van der Waals surface area contributed by atoms with Gasteiger partial charge in [-0.3, -0.25) is 4.79 Å². The molecule has 30 heavy (non-hydrogen) atoms. The van der Waals surface area contributed by atoms with Gasteiger partial charge in [0.25, 0.3) is 5.91 Å². The Bertz CT molecular complexity index is 1030. The molecule has 1 aromatic carbocycles. The Hall–Kier alpha value is -3.01. The van der Waals surface area contributed by atoms with Crippen molar-refractivity contribution in [2.75, 3.05) is 13.2 Å². The number of carbonyl (C=O) groups excluding carboxylic acids is 1. The van der Waals surface area contributed by atoms with E-state index in [-0.39, 0.29) is 23.1 Å². The fraction of sp³-hybridized carbons (Fsp3) is 0.350. The summed E-state index contributed by atoms with van der Waals surface area (Å²) in [6.45, 7) is 4.52.